The summed E-state index contributed by atoms with van der Waals surface area (Å²) < 4.78 is -0.469. The van der Waals surface area contributed by atoms with Gasteiger partial charge >= 0.3 is 0 Å². The Morgan fingerprint density at radius 1 is 0.706 bits per heavy atom. The maximum absolute atomic E-state index is 8.55. The van der Waals surface area contributed by atoms with E-state index in [2.05, 4.69) is 121 Å². The molecule has 3 saturated carbocycles. The first-order chi connectivity index (χ1) is 23.7. The molecule has 6 heteroatoms. The second kappa shape index (κ2) is 16.6. The molecule has 2 aromatic carbocycles. The summed E-state index contributed by atoms with van der Waals surface area (Å²) in [6.45, 7) is 20.2. The average molecular weight is 833 g/mol. The third kappa shape index (κ3) is 8.50. The van der Waals surface area contributed by atoms with Crippen molar-refractivity contribution < 1.29 is 19.5 Å². The zero-order chi connectivity index (χ0) is 36.0. The Hall–Kier alpha value is -1.33. The summed E-state index contributed by atoms with van der Waals surface area (Å²) in [4.78, 5) is 4.89. The minimum absolute atomic E-state index is 0. The van der Waals surface area contributed by atoms with Crippen molar-refractivity contribution in [1.29, 1.82) is 0 Å². The minimum Gasteiger partial charge on any atom is -0.301 e. The maximum atomic E-state index is 8.55. The summed E-state index contributed by atoms with van der Waals surface area (Å²) in [5.74, 6) is 1.13. The van der Waals surface area contributed by atoms with Crippen molar-refractivity contribution in [3.05, 3.63) is 98.8 Å². The normalized spacial score (nSPS) is 23.6. The van der Waals surface area contributed by atoms with Crippen molar-refractivity contribution >= 4 is 42.5 Å². The molecule has 0 radical (unpaired) electrons. The molecule has 2 nitrogen and oxygen atoms in total. The van der Waals surface area contributed by atoms with Gasteiger partial charge in [-0.05, 0) is 125 Å². The molecule has 51 heavy (non-hydrogen) atoms. The molecule has 0 amide bonds. The molecule has 0 saturated heterocycles. The van der Waals surface area contributed by atoms with E-state index in [1.165, 1.54) is 120 Å². The van der Waals surface area contributed by atoms with Crippen LogP contribution in [0.25, 0.3) is 0 Å². The summed E-state index contributed by atoms with van der Waals surface area (Å²) in [6.07, 6.45) is 22.1. The molecule has 278 valence electrons. The molecular weight excluding hydrogens is 771 g/mol. The molecule has 2 aromatic rings. The first kappa shape index (κ1) is 40.8. The van der Waals surface area contributed by atoms with E-state index in [9.17, 15) is 0 Å². The van der Waals surface area contributed by atoms with Gasteiger partial charge in [0.25, 0.3) is 0 Å². The number of nitrogens with zero attached hydrogens (tertiary/aromatic N) is 2. The van der Waals surface area contributed by atoms with Crippen molar-refractivity contribution in [3.8, 4) is 0 Å². The number of hydrogen-bond acceptors (Lipinski definition) is 2. The van der Waals surface area contributed by atoms with Crippen LogP contribution in [0.4, 0.5) is 11.4 Å². The topological polar surface area (TPSA) is 6.48 Å². The third-order valence-corrected chi connectivity index (χ3v) is 16.8. The van der Waals surface area contributed by atoms with Crippen LogP contribution in [0.3, 0.4) is 0 Å². The zero-order valence-corrected chi connectivity index (χ0v) is 36.9. The van der Waals surface area contributed by atoms with Crippen LogP contribution in [-0.2, 0) is 19.5 Å². The van der Waals surface area contributed by atoms with E-state index in [4.69, 9.17) is 23.2 Å². The smallest absolute Gasteiger partial charge is 0.127 e. The Balaban J connectivity index is 0.00000504. The molecule has 0 bridgehead atoms. The van der Waals surface area contributed by atoms with Gasteiger partial charge in [0.15, 0.2) is 0 Å². The van der Waals surface area contributed by atoms with Gasteiger partial charge in [-0.1, -0.05) is 103 Å². The second-order valence-corrected chi connectivity index (χ2v) is 21.5. The van der Waals surface area contributed by atoms with Crippen LogP contribution in [0.15, 0.2) is 65.4 Å². The predicted molar refractivity (Wildman–Crippen MR) is 222 cm³/mol. The fourth-order valence-corrected chi connectivity index (χ4v) is 15.5. The second-order valence-electron chi connectivity index (χ2n) is 17.1. The van der Waals surface area contributed by atoms with Crippen molar-refractivity contribution in [2.75, 3.05) is 9.80 Å². The van der Waals surface area contributed by atoms with Crippen LogP contribution >= 0.6 is 31.1 Å². The predicted octanol–water partition coefficient (Wildman–Crippen LogP) is 14.2. The van der Waals surface area contributed by atoms with Crippen molar-refractivity contribution in [2.45, 2.75) is 161 Å². The Bertz CT molecular complexity index is 1580. The maximum Gasteiger partial charge on any atom is 0.127 e. The number of hydrogen-bond donors (Lipinski definition) is 0. The van der Waals surface area contributed by atoms with Crippen LogP contribution < -0.4 is 9.80 Å². The van der Waals surface area contributed by atoms with E-state index < -0.39 is 12.5 Å². The number of benzene rings is 2. The van der Waals surface area contributed by atoms with Crippen LogP contribution in [-0.4, -0.2) is 21.3 Å². The van der Waals surface area contributed by atoms with Gasteiger partial charge in [0, 0.05) is 43.0 Å². The van der Waals surface area contributed by atoms with E-state index >= 15 is 0 Å². The standard InChI is InChI=1S/C45H61Cl2N2P.Ru/c1-30-26-32(3)41(33(4)27-30)48-24-25-49(42-34(5)28-31(2)29-35(42)6)43(48)40-38(20-22-44(7,8)9)45(47,23-21-39(40)46)50(36-16-12-10-13-17-36)37-18-14-11-15-19-37;/h22,24-29,36-37,39H,10-19,21,23H2,1-9H3;. The SMILES string of the molecule is Cc1cc(C)c(N2C=CN(c3c(C)cc(C)cc3C)C2=C2C(=C=CC(C)(C)C)C(Cl)(P(C3CCCCC3)C3CCCCC3)CCC2Cl)c(C)c1.[Ru]. The molecule has 6 rings (SSSR count). The van der Waals surface area contributed by atoms with Crippen molar-refractivity contribution in [3.63, 3.8) is 0 Å². The average Bonchev–Trinajstić information content (AvgIpc) is 3.44. The van der Waals surface area contributed by atoms with Gasteiger partial charge in [0.05, 0.1) is 21.4 Å². The molecule has 0 aromatic heterocycles. The minimum atomic E-state index is -0.519. The third-order valence-electron chi connectivity index (χ3n) is 11.5. The summed E-state index contributed by atoms with van der Waals surface area (Å²) >= 11 is 16.3. The summed E-state index contributed by atoms with van der Waals surface area (Å²) in [5.41, 5.74) is 17.9. The molecule has 3 aliphatic carbocycles. The fraction of sp³-hybridized carbons (Fsp3) is 0.578. The van der Waals surface area contributed by atoms with Gasteiger partial charge in [-0.15, -0.1) is 28.9 Å². The first-order valence-electron chi connectivity index (χ1n) is 19.5. The molecule has 2 atom stereocenters. The number of anilines is 2. The Kier molecular flexibility index (Phi) is 13.3. The van der Waals surface area contributed by atoms with E-state index in [1.807, 2.05) is 0 Å². The van der Waals surface area contributed by atoms with Gasteiger partial charge < -0.3 is 9.80 Å². The number of alkyl halides is 2. The van der Waals surface area contributed by atoms with Gasteiger partial charge in [0.1, 0.15) is 5.82 Å². The van der Waals surface area contributed by atoms with E-state index in [1.54, 1.807) is 0 Å². The first-order valence-corrected chi connectivity index (χ1v) is 21.8. The zero-order valence-electron chi connectivity index (χ0n) is 32.7. The largest absolute Gasteiger partial charge is 0.301 e. The summed E-state index contributed by atoms with van der Waals surface area (Å²) in [5, 5.41) is -0.177. The van der Waals surface area contributed by atoms with Gasteiger partial charge in [-0.3, -0.25) is 0 Å². The number of halogens is 2. The van der Waals surface area contributed by atoms with E-state index in [0.717, 1.165) is 18.7 Å². The molecule has 4 aliphatic rings. The van der Waals surface area contributed by atoms with Gasteiger partial charge in [-0.2, -0.15) is 0 Å². The van der Waals surface area contributed by atoms with Gasteiger partial charge in [0.2, 0.25) is 0 Å². The quantitative estimate of drug-likeness (QED) is 0.128. The van der Waals surface area contributed by atoms with Crippen LogP contribution in [0.5, 0.6) is 0 Å². The van der Waals surface area contributed by atoms with Crippen LogP contribution in [0.1, 0.15) is 131 Å². The van der Waals surface area contributed by atoms with E-state index in [0.29, 0.717) is 11.3 Å². The molecule has 1 aliphatic heterocycles. The molecule has 0 N–H and O–H groups in total. The monoisotopic (exact) mass is 832 g/mol. The summed E-state index contributed by atoms with van der Waals surface area (Å²) in [7, 11) is -0.519. The molecule has 2 unspecified atom stereocenters. The van der Waals surface area contributed by atoms with Crippen molar-refractivity contribution in [2.24, 2.45) is 5.41 Å². The van der Waals surface area contributed by atoms with E-state index in [-0.39, 0.29) is 30.3 Å². The Morgan fingerprint density at radius 2 is 1.12 bits per heavy atom. The number of rotatable bonds is 5. The van der Waals surface area contributed by atoms with Crippen LogP contribution in [0.2, 0.25) is 0 Å². The molecular formula is C45H61Cl2N2PRu. The number of aryl methyl sites for hydroxylation is 6. The fourth-order valence-electron chi connectivity index (χ4n) is 9.65. The molecule has 3 fully saturated rings. The molecule has 0 spiro atoms. The Labute approximate surface area is 334 Å². The molecule has 1 heterocycles. The summed E-state index contributed by atoms with van der Waals surface area (Å²) in [6, 6.07) is 9.26. The van der Waals surface area contributed by atoms with Crippen LogP contribution in [0, 0.1) is 47.0 Å². The number of allylic oxidation sites excluding steroid dienone is 2. The van der Waals surface area contributed by atoms with Crippen molar-refractivity contribution in [1.82, 2.24) is 0 Å². The Morgan fingerprint density at radius 3 is 1.51 bits per heavy atom. The van der Waals surface area contributed by atoms with Gasteiger partial charge in [-0.25, -0.2) is 0 Å².